The second-order valence-electron chi connectivity index (χ2n) is 7.01. The summed E-state index contributed by atoms with van der Waals surface area (Å²) in [6.45, 7) is 5.03. The van der Waals surface area contributed by atoms with Gasteiger partial charge in [0.25, 0.3) is 0 Å². The predicted molar refractivity (Wildman–Crippen MR) is 94.5 cm³/mol. The molecule has 7 nitrogen and oxygen atoms in total. The molecule has 2 aliphatic heterocycles. The lowest BCUT2D eigenvalue weighted by atomic mass is 10.1. The first-order valence-electron chi connectivity index (χ1n) is 8.83. The third-order valence-electron chi connectivity index (χ3n) is 5.04. The van der Waals surface area contributed by atoms with E-state index < -0.39 is 0 Å². The molecule has 0 radical (unpaired) electrons. The molecule has 1 aromatic heterocycles. The first-order chi connectivity index (χ1) is 12.1. The molecule has 1 amide bonds. The number of fused-ring (bicyclic) bond motifs is 1. The molecule has 0 unspecified atom stereocenters. The Morgan fingerprint density at radius 3 is 2.96 bits per heavy atom. The zero-order chi connectivity index (χ0) is 17.8. The summed E-state index contributed by atoms with van der Waals surface area (Å²) in [5.74, 6) is 0.731. The number of likely N-dealkylation sites (N-methyl/N-ethyl adjacent to an activating group) is 1. The van der Waals surface area contributed by atoms with E-state index in [4.69, 9.17) is 9.47 Å². The number of carbonyl (C=O) groups is 1. The second kappa shape index (κ2) is 8.12. The molecule has 2 atom stereocenters. The van der Waals surface area contributed by atoms with Gasteiger partial charge < -0.3 is 14.4 Å². The topological polar surface area (TPSA) is 58.1 Å². The fourth-order valence-electron chi connectivity index (χ4n) is 3.61. The van der Waals surface area contributed by atoms with Gasteiger partial charge in [0, 0.05) is 64.6 Å². The average molecular weight is 348 g/mol. The number of pyridine rings is 1. The van der Waals surface area contributed by atoms with Crippen LogP contribution < -0.4 is 4.74 Å². The van der Waals surface area contributed by atoms with Gasteiger partial charge in [-0.3, -0.25) is 14.6 Å². The lowest BCUT2D eigenvalue weighted by molar-refractivity contribution is -0.135. The molecular formula is C18H28N4O3. The number of aromatic nitrogens is 1. The molecular weight excluding hydrogens is 320 g/mol. The van der Waals surface area contributed by atoms with Crippen LogP contribution in [0.3, 0.4) is 0 Å². The van der Waals surface area contributed by atoms with E-state index in [0.29, 0.717) is 11.9 Å². The van der Waals surface area contributed by atoms with E-state index in [1.165, 1.54) is 0 Å². The molecule has 138 valence electrons. The highest BCUT2D eigenvalue weighted by molar-refractivity contribution is 5.76. The maximum absolute atomic E-state index is 11.7. The fraction of sp³-hybridized carbons (Fsp3) is 0.667. The molecule has 0 saturated carbocycles. The Morgan fingerprint density at radius 1 is 1.36 bits per heavy atom. The van der Waals surface area contributed by atoms with Gasteiger partial charge in [0.2, 0.25) is 11.8 Å². The van der Waals surface area contributed by atoms with Crippen molar-refractivity contribution in [1.29, 1.82) is 0 Å². The van der Waals surface area contributed by atoms with Gasteiger partial charge in [0.1, 0.15) is 6.61 Å². The smallest absolute Gasteiger partial charge is 0.248 e. The number of ether oxygens (including phenoxy) is 2. The summed E-state index contributed by atoms with van der Waals surface area (Å²) in [6, 6.07) is 4.52. The van der Waals surface area contributed by atoms with Gasteiger partial charge in [0.15, 0.2) is 0 Å². The van der Waals surface area contributed by atoms with Crippen molar-refractivity contribution in [2.45, 2.75) is 25.1 Å². The van der Waals surface area contributed by atoms with Gasteiger partial charge in [-0.15, -0.1) is 0 Å². The summed E-state index contributed by atoms with van der Waals surface area (Å²) < 4.78 is 11.2. The van der Waals surface area contributed by atoms with Crippen LogP contribution in [0.5, 0.6) is 5.88 Å². The summed E-state index contributed by atoms with van der Waals surface area (Å²) in [4.78, 5) is 22.5. The summed E-state index contributed by atoms with van der Waals surface area (Å²) in [5, 5.41) is 0. The highest BCUT2D eigenvalue weighted by Crippen LogP contribution is 2.26. The number of carbonyl (C=O) groups excluding carboxylic acids is 1. The van der Waals surface area contributed by atoms with Crippen LogP contribution in [-0.2, 0) is 16.1 Å². The molecule has 3 rings (SSSR count). The van der Waals surface area contributed by atoms with Crippen LogP contribution in [0.1, 0.15) is 12.0 Å². The number of methoxy groups -OCH3 is 1. The molecule has 0 N–H and O–H groups in total. The number of piperazine rings is 1. The summed E-state index contributed by atoms with van der Waals surface area (Å²) in [7, 11) is 5.18. The molecule has 0 aromatic carbocycles. The van der Waals surface area contributed by atoms with Crippen LogP contribution in [0, 0.1) is 0 Å². The summed E-state index contributed by atoms with van der Waals surface area (Å²) in [5.41, 5.74) is 1.13. The van der Waals surface area contributed by atoms with Gasteiger partial charge in [-0.2, -0.15) is 0 Å². The Morgan fingerprint density at radius 2 is 2.20 bits per heavy atom. The Hall–Kier alpha value is -1.70. The molecule has 0 bridgehead atoms. The highest BCUT2D eigenvalue weighted by Gasteiger charge is 2.36. The van der Waals surface area contributed by atoms with E-state index in [-0.39, 0.29) is 18.6 Å². The Balaban J connectivity index is 1.51. The van der Waals surface area contributed by atoms with Crippen molar-refractivity contribution >= 4 is 5.91 Å². The van der Waals surface area contributed by atoms with Gasteiger partial charge in [-0.05, 0) is 12.5 Å². The monoisotopic (exact) mass is 348 g/mol. The lowest BCUT2D eigenvalue weighted by Gasteiger charge is -2.37. The van der Waals surface area contributed by atoms with Crippen molar-refractivity contribution in [2.24, 2.45) is 0 Å². The molecule has 2 fully saturated rings. The van der Waals surface area contributed by atoms with Crippen LogP contribution in [-0.4, -0.2) is 91.7 Å². The van der Waals surface area contributed by atoms with E-state index in [1.54, 1.807) is 32.3 Å². The number of hydrogen-bond donors (Lipinski definition) is 0. The van der Waals surface area contributed by atoms with Crippen LogP contribution in [0.15, 0.2) is 18.3 Å². The fourth-order valence-corrected chi connectivity index (χ4v) is 3.61. The van der Waals surface area contributed by atoms with E-state index in [9.17, 15) is 4.79 Å². The second-order valence-corrected chi connectivity index (χ2v) is 7.01. The molecule has 2 saturated heterocycles. The maximum Gasteiger partial charge on any atom is 0.248 e. The SMILES string of the molecule is COc1ncccc1CN1CCN2C[C@H](OCC(=O)N(C)C)C[C@H]2C1. The predicted octanol–water partition coefficient (Wildman–Crippen LogP) is 0.454. The molecule has 25 heavy (non-hydrogen) atoms. The van der Waals surface area contributed by atoms with Crippen molar-refractivity contribution in [1.82, 2.24) is 19.7 Å². The molecule has 0 aliphatic carbocycles. The third-order valence-corrected chi connectivity index (χ3v) is 5.04. The summed E-state index contributed by atoms with van der Waals surface area (Å²) >= 11 is 0. The lowest BCUT2D eigenvalue weighted by Crippen LogP contribution is -2.49. The van der Waals surface area contributed by atoms with E-state index in [2.05, 4.69) is 20.9 Å². The zero-order valence-electron chi connectivity index (χ0n) is 15.4. The van der Waals surface area contributed by atoms with Crippen LogP contribution >= 0.6 is 0 Å². The zero-order valence-corrected chi connectivity index (χ0v) is 15.4. The van der Waals surface area contributed by atoms with Gasteiger partial charge in [-0.25, -0.2) is 4.98 Å². The third kappa shape index (κ3) is 4.48. The van der Waals surface area contributed by atoms with E-state index in [0.717, 1.165) is 44.7 Å². The Labute approximate surface area is 149 Å². The molecule has 3 heterocycles. The molecule has 0 spiro atoms. The normalized spacial score (nSPS) is 24.1. The minimum atomic E-state index is 0.0233. The van der Waals surface area contributed by atoms with Crippen LogP contribution in [0.2, 0.25) is 0 Å². The van der Waals surface area contributed by atoms with Gasteiger partial charge in [-0.1, -0.05) is 6.07 Å². The number of amides is 1. The van der Waals surface area contributed by atoms with Crippen molar-refractivity contribution in [2.75, 3.05) is 54.0 Å². The Bertz CT molecular complexity index is 595. The van der Waals surface area contributed by atoms with Gasteiger partial charge in [0.05, 0.1) is 13.2 Å². The first kappa shape index (κ1) is 18.1. The largest absolute Gasteiger partial charge is 0.481 e. The van der Waals surface area contributed by atoms with Crippen molar-refractivity contribution in [3.8, 4) is 5.88 Å². The first-order valence-corrected chi connectivity index (χ1v) is 8.83. The Kier molecular flexibility index (Phi) is 5.88. The summed E-state index contributed by atoms with van der Waals surface area (Å²) in [6.07, 6.45) is 2.90. The number of hydrogen-bond acceptors (Lipinski definition) is 6. The molecule has 7 heteroatoms. The molecule has 2 aliphatic rings. The van der Waals surface area contributed by atoms with E-state index >= 15 is 0 Å². The maximum atomic E-state index is 11.7. The number of nitrogens with zero attached hydrogens (tertiary/aromatic N) is 4. The highest BCUT2D eigenvalue weighted by atomic mass is 16.5. The minimum absolute atomic E-state index is 0.0233. The average Bonchev–Trinajstić information content (AvgIpc) is 3.02. The van der Waals surface area contributed by atoms with Gasteiger partial charge >= 0.3 is 0 Å². The standard InChI is InChI=1S/C18H28N4O3/c1-20(2)17(23)13-25-16-9-15-11-21(7-8-22(15)12-16)10-14-5-4-6-19-18(14)24-3/h4-6,15-16H,7-13H2,1-3H3/t15-,16+/m0/s1. The molecule has 1 aromatic rings. The van der Waals surface area contributed by atoms with Crippen molar-refractivity contribution in [3.63, 3.8) is 0 Å². The van der Waals surface area contributed by atoms with Crippen molar-refractivity contribution in [3.05, 3.63) is 23.9 Å². The van der Waals surface area contributed by atoms with E-state index in [1.807, 2.05) is 6.07 Å². The van der Waals surface area contributed by atoms with Crippen LogP contribution in [0.4, 0.5) is 0 Å². The minimum Gasteiger partial charge on any atom is -0.481 e. The number of rotatable bonds is 6. The van der Waals surface area contributed by atoms with Crippen LogP contribution in [0.25, 0.3) is 0 Å². The quantitative estimate of drug-likeness (QED) is 0.744. The van der Waals surface area contributed by atoms with Crippen molar-refractivity contribution < 1.29 is 14.3 Å².